The molecule has 2 aliphatic rings. The Morgan fingerprint density at radius 1 is 0.947 bits per heavy atom. The van der Waals surface area contributed by atoms with E-state index in [9.17, 15) is 14.7 Å². The number of carbonyl (C=O) groups is 2. The van der Waals surface area contributed by atoms with Crippen LogP contribution in [0.1, 0.15) is 35.2 Å². The fourth-order valence-electron chi connectivity index (χ4n) is 5.16. The van der Waals surface area contributed by atoms with Crippen LogP contribution in [0.4, 0.5) is 0 Å². The largest absolute Gasteiger partial charge is 0.389 e. The van der Waals surface area contributed by atoms with Crippen molar-refractivity contribution in [3.63, 3.8) is 0 Å². The Labute approximate surface area is 222 Å². The Balaban J connectivity index is 1.16. The van der Waals surface area contributed by atoms with Crippen LogP contribution in [-0.4, -0.2) is 70.9 Å². The number of aromatic nitrogens is 1. The summed E-state index contributed by atoms with van der Waals surface area (Å²) in [5.74, 6) is -0.242. The monoisotopic (exact) mass is 515 g/mol. The number of aliphatic hydroxyl groups excluding tert-OH is 1. The van der Waals surface area contributed by atoms with Gasteiger partial charge in [-0.25, -0.2) is 0 Å². The van der Waals surface area contributed by atoms with E-state index in [0.717, 1.165) is 16.7 Å². The highest BCUT2D eigenvalue weighted by molar-refractivity contribution is 5.94. The summed E-state index contributed by atoms with van der Waals surface area (Å²) in [5.41, 5.74) is 3.84. The van der Waals surface area contributed by atoms with Crippen molar-refractivity contribution in [3.8, 4) is 11.1 Å². The highest BCUT2D eigenvalue weighted by Gasteiger charge is 2.40. The zero-order valence-corrected chi connectivity index (χ0v) is 21.2. The Hall–Kier alpha value is -3.59. The molecule has 5 rings (SSSR count). The first kappa shape index (κ1) is 26.0. The topological polar surface area (TPSA) is 101 Å². The van der Waals surface area contributed by atoms with Crippen LogP contribution >= 0.6 is 0 Å². The second kappa shape index (κ2) is 12.3. The molecule has 4 atom stereocenters. The van der Waals surface area contributed by atoms with Gasteiger partial charge in [-0.2, -0.15) is 0 Å². The zero-order chi connectivity index (χ0) is 26.3. The van der Waals surface area contributed by atoms with E-state index in [1.165, 1.54) is 0 Å². The Morgan fingerprint density at radius 3 is 2.45 bits per heavy atom. The molecule has 0 saturated carbocycles. The molecule has 0 bridgehead atoms. The van der Waals surface area contributed by atoms with E-state index in [2.05, 4.69) is 34.6 Å². The molecule has 2 aromatic carbocycles. The van der Waals surface area contributed by atoms with E-state index in [4.69, 9.17) is 9.47 Å². The van der Waals surface area contributed by atoms with Gasteiger partial charge in [-0.3, -0.25) is 14.6 Å². The van der Waals surface area contributed by atoms with Crippen LogP contribution in [0, 0.1) is 0 Å². The van der Waals surface area contributed by atoms with E-state index in [1.54, 1.807) is 29.4 Å². The number of β-amino-alcohol motifs (C(OH)–C–C–N with tert-alkyl or cyclic N) is 1. The Morgan fingerprint density at radius 2 is 1.68 bits per heavy atom. The number of hydrogen-bond donors (Lipinski definition) is 2. The van der Waals surface area contributed by atoms with Crippen molar-refractivity contribution in [2.45, 2.75) is 50.2 Å². The van der Waals surface area contributed by atoms with Gasteiger partial charge < -0.3 is 24.8 Å². The predicted molar refractivity (Wildman–Crippen MR) is 142 cm³/mol. The second-order valence-electron chi connectivity index (χ2n) is 9.87. The molecular weight excluding hydrogens is 482 g/mol. The number of aliphatic hydroxyl groups is 1. The van der Waals surface area contributed by atoms with Gasteiger partial charge in [0, 0.05) is 31.0 Å². The van der Waals surface area contributed by atoms with Crippen LogP contribution in [-0.2, 0) is 20.8 Å². The molecule has 198 valence electrons. The van der Waals surface area contributed by atoms with E-state index >= 15 is 0 Å². The summed E-state index contributed by atoms with van der Waals surface area (Å²) < 4.78 is 12.0. The van der Waals surface area contributed by atoms with Crippen LogP contribution in [0.25, 0.3) is 11.1 Å². The summed E-state index contributed by atoms with van der Waals surface area (Å²) in [6.45, 7) is 0.996. The first-order valence-electron chi connectivity index (χ1n) is 13.1. The summed E-state index contributed by atoms with van der Waals surface area (Å²) in [6, 6.07) is 21.4. The van der Waals surface area contributed by atoms with Crippen LogP contribution in [0.5, 0.6) is 0 Å². The molecule has 2 saturated heterocycles. The van der Waals surface area contributed by atoms with Gasteiger partial charge in [0.25, 0.3) is 5.91 Å². The minimum absolute atomic E-state index is 0.0764. The number of ether oxygens (including phenoxy) is 2. The molecule has 8 nitrogen and oxygen atoms in total. The molecule has 0 aliphatic carbocycles. The maximum atomic E-state index is 13.3. The number of pyridine rings is 1. The molecule has 3 heterocycles. The molecule has 2 aliphatic heterocycles. The van der Waals surface area contributed by atoms with Gasteiger partial charge in [0.15, 0.2) is 0 Å². The maximum absolute atomic E-state index is 13.3. The van der Waals surface area contributed by atoms with Crippen molar-refractivity contribution in [3.05, 3.63) is 90.3 Å². The number of benzene rings is 2. The predicted octanol–water partition coefficient (Wildman–Crippen LogP) is 3.20. The second-order valence-corrected chi connectivity index (χ2v) is 9.87. The third-order valence-electron chi connectivity index (χ3n) is 7.13. The molecule has 38 heavy (non-hydrogen) atoms. The highest BCUT2D eigenvalue weighted by Crippen LogP contribution is 2.29. The van der Waals surface area contributed by atoms with Gasteiger partial charge >= 0.3 is 0 Å². The summed E-state index contributed by atoms with van der Waals surface area (Å²) in [4.78, 5) is 31.7. The average molecular weight is 516 g/mol. The van der Waals surface area contributed by atoms with Gasteiger partial charge in [0.05, 0.1) is 37.9 Å². The first-order valence-corrected chi connectivity index (χ1v) is 13.1. The molecular formula is C30H33N3O5. The molecule has 1 aromatic heterocycles. The first-order chi connectivity index (χ1) is 18.6. The molecule has 0 unspecified atom stereocenters. The Kier molecular flexibility index (Phi) is 8.43. The molecule has 8 heteroatoms. The summed E-state index contributed by atoms with van der Waals surface area (Å²) in [7, 11) is 0. The number of nitrogens with one attached hydrogen (secondary N) is 1. The SMILES string of the molecule is O=C(C[C@H]1CC[C@H]2[C@@H](COC[C@@H](O)CN2C(=O)c2ccncc2)O1)NCc1ccc(-c2ccccc2)cc1. The fourth-order valence-corrected chi connectivity index (χ4v) is 5.16. The summed E-state index contributed by atoms with van der Waals surface area (Å²) in [6.07, 6.45) is 3.30. The minimum Gasteiger partial charge on any atom is -0.389 e. The number of rotatable bonds is 6. The molecule has 0 spiro atoms. The van der Waals surface area contributed by atoms with Crippen LogP contribution in [0.3, 0.4) is 0 Å². The lowest BCUT2D eigenvalue weighted by Crippen LogP contribution is -2.57. The highest BCUT2D eigenvalue weighted by atomic mass is 16.5. The van der Waals surface area contributed by atoms with E-state index in [-0.39, 0.29) is 56.2 Å². The van der Waals surface area contributed by atoms with Gasteiger partial charge in [-0.15, -0.1) is 0 Å². The number of amides is 2. The van der Waals surface area contributed by atoms with Gasteiger partial charge in [-0.1, -0.05) is 54.6 Å². The van der Waals surface area contributed by atoms with Crippen LogP contribution in [0.15, 0.2) is 79.1 Å². The Bertz CT molecular complexity index is 1210. The number of hydrogen-bond acceptors (Lipinski definition) is 6. The molecule has 0 radical (unpaired) electrons. The van der Waals surface area contributed by atoms with Crippen molar-refractivity contribution in [1.82, 2.24) is 15.2 Å². The number of nitrogens with zero attached hydrogens (tertiary/aromatic N) is 2. The standard InChI is InChI=1S/C30H33N3O5/c34-25-18-33(30(36)24-12-14-31-15-13-24)27-11-10-26(38-28(27)20-37-19-25)16-29(35)32-17-21-6-8-23(9-7-21)22-4-2-1-3-5-22/h1-9,12-15,25-28,34H,10-11,16-20H2,(H,32,35)/t25-,26+,27-,28+/m0/s1. The molecule has 2 amide bonds. The number of carbonyl (C=O) groups excluding carboxylic acids is 2. The van der Waals surface area contributed by atoms with Crippen molar-refractivity contribution in [1.29, 1.82) is 0 Å². The molecule has 2 N–H and O–H groups in total. The van der Waals surface area contributed by atoms with Crippen molar-refractivity contribution >= 4 is 11.8 Å². The minimum atomic E-state index is -0.771. The van der Waals surface area contributed by atoms with Gasteiger partial charge in [0.2, 0.25) is 5.91 Å². The van der Waals surface area contributed by atoms with Gasteiger partial charge in [0.1, 0.15) is 6.10 Å². The van der Waals surface area contributed by atoms with Crippen molar-refractivity contribution in [2.24, 2.45) is 0 Å². The third-order valence-corrected chi connectivity index (χ3v) is 7.13. The maximum Gasteiger partial charge on any atom is 0.254 e. The zero-order valence-electron chi connectivity index (χ0n) is 21.2. The lowest BCUT2D eigenvalue weighted by atomic mass is 9.94. The lowest BCUT2D eigenvalue weighted by molar-refractivity contribution is -0.151. The van der Waals surface area contributed by atoms with Crippen LogP contribution in [0.2, 0.25) is 0 Å². The quantitative estimate of drug-likeness (QED) is 0.523. The van der Waals surface area contributed by atoms with Gasteiger partial charge in [-0.05, 0) is 41.7 Å². The molecule has 3 aromatic rings. The van der Waals surface area contributed by atoms with Crippen LogP contribution < -0.4 is 5.32 Å². The van der Waals surface area contributed by atoms with E-state index in [1.807, 2.05) is 30.3 Å². The fraction of sp³-hybridized carbons (Fsp3) is 0.367. The smallest absolute Gasteiger partial charge is 0.254 e. The number of fused-ring (bicyclic) bond motifs is 1. The van der Waals surface area contributed by atoms with E-state index in [0.29, 0.717) is 24.9 Å². The lowest BCUT2D eigenvalue weighted by Gasteiger charge is -2.44. The van der Waals surface area contributed by atoms with Crippen molar-refractivity contribution < 1.29 is 24.2 Å². The summed E-state index contributed by atoms with van der Waals surface area (Å²) in [5, 5.41) is 13.3. The van der Waals surface area contributed by atoms with Crippen molar-refractivity contribution in [2.75, 3.05) is 19.8 Å². The van der Waals surface area contributed by atoms with E-state index < -0.39 is 6.10 Å². The normalized spacial score (nSPS) is 23.6. The average Bonchev–Trinajstić information content (AvgIpc) is 2.95. The summed E-state index contributed by atoms with van der Waals surface area (Å²) >= 11 is 0. The third kappa shape index (κ3) is 6.45. The molecule has 2 fully saturated rings.